The summed E-state index contributed by atoms with van der Waals surface area (Å²) in [5.41, 5.74) is 8.97. The van der Waals surface area contributed by atoms with Crippen molar-refractivity contribution in [3.63, 3.8) is 0 Å². The Bertz CT molecular complexity index is 635. The number of hydrogen-bond donors (Lipinski definition) is 1. The second kappa shape index (κ2) is 5.56. The summed E-state index contributed by atoms with van der Waals surface area (Å²) in [6.45, 7) is 0. The van der Waals surface area contributed by atoms with Crippen LogP contribution in [-0.2, 0) is 0 Å². The average Bonchev–Trinajstić information content (AvgIpc) is 2.98. The highest BCUT2D eigenvalue weighted by molar-refractivity contribution is 5.48. The lowest BCUT2D eigenvalue weighted by molar-refractivity contribution is -0.384. The molecule has 3 rings (SSSR count). The molecule has 2 N–H and O–H groups in total. The minimum absolute atomic E-state index is 0.139. The summed E-state index contributed by atoms with van der Waals surface area (Å²) < 4.78 is 0. The molecule has 1 saturated carbocycles. The fourth-order valence-electron chi connectivity index (χ4n) is 2.77. The van der Waals surface area contributed by atoms with Crippen molar-refractivity contribution >= 4 is 11.4 Å². The molecule has 2 aromatic rings. The zero-order valence-electron chi connectivity index (χ0n) is 11.6. The molecule has 0 spiro atoms. The normalized spacial score (nSPS) is 16.2. The summed E-state index contributed by atoms with van der Waals surface area (Å²) in [4.78, 5) is 10.3. The largest absolute Gasteiger partial charge is 0.399 e. The number of nitrogens with two attached hydrogens (primary N) is 1. The van der Waals surface area contributed by atoms with Crippen LogP contribution >= 0.6 is 0 Å². The van der Waals surface area contributed by atoms with Gasteiger partial charge in [0.15, 0.2) is 0 Å². The molecule has 0 heterocycles. The van der Waals surface area contributed by atoms with Gasteiger partial charge in [0.2, 0.25) is 0 Å². The van der Waals surface area contributed by atoms with Crippen LogP contribution in [0.1, 0.15) is 30.4 Å². The van der Waals surface area contributed by atoms with Gasteiger partial charge in [-0.1, -0.05) is 24.3 Å². The predicted octanol–water partition coefficient (Wildman–Crippen LogP) is 3.91. The van der Waals surface area contributed by atoms with Crippen LogP contribution in [0.5, 0.6) is 0 Å². The maximum atomic E-state index is 10.7. The van der Waals surface area contributed by atoms with Gasteiger partial charge in [-0.05, 0) is 42.5 Å². The summed E-state index contributed by atoms with van der Waals surface area (Å²) in [5.74, 6) is 2.75. The molecule has 0 amide bonds. The average molecular weight is 280 g/mol. The van der Waals surface area contributed by atoms with Crippen molar-refractivity contribution < 1.29 is 4.92 Å². The van der Waals surface area contributed by atoms with Crippen LogP contribution in [0.15, 0.2) is 48.5 Å². The molecule has 0 unspecified atom stereocenters. The zero-order valence-corrected chi connectivity index (χ0v) is 11.6. The first-order valence-corrected chi connectivity index (χ1v) is 6.93. The van der Waals surface area contributed by atoms with Crippen molar-refractivity contribution in [2.45, 2.75) is 19.3 Å². The molecule has 2 radical (unpaired) electrons. The minimum Gasteiger partial charge on any atom is -0.399 e. The molecule has 4 heteroatoms. The van der Waals surface area contributed by atoms with Crippen molar-refractivity contribution in [1.29, 1.82) is 0 Å². The van der Waals surface area contributed by atoms with Crippen molar-refractivity contribution in [1.82, 2.24) is 0 Å². The summed E-state index contributed by atoms with van der Waals surface area (Å²) >= 11 is 0. The highest BCUT2D eigenvalue weighted by Crippen LogP contribution is 2.42. The number of non-ortho nitro benzene ring substituents is 1. The van der Waals surface area contributed by atoms with E-state index in [-0.39, 0.29) is 10.6 Å². The number of nitro benzene ring substituents is 1. The molecule has 1 aliphatic carbocycles. The second-order valence-electron chi connectivity index (χ2n) is 5.31. The van der Waals surface area contributed by atoms with E-state index in [0.717, 1.165) is 30.5 Å². The van der Waals surface area contributed by atoms with Crippen LogP contribution in [0, 0.1) is 22.0 Å². The number of nitro groups is 1. The molecule has 0 aromatic heterocycles. The number of rotatable bonds is 3. The predicted molar refractivity (Wildman–Crippen MR) is 82.5 cm³/mol. The number of anilines is 1. The number of benzene rings is 2. The summed E-state index contributed by atoms with van der Waals surface area (Å²) in [6, 6.07) is 14.8. The zero-order chi connectivity index (χ0) is 14.8. The Morgan fingerprint density at radius 1 is 0.857 bits per heavy atom. The lowest BCUT2D eigenvalue weighted by Crippen LogP contribution is -1.98. The Labute approximate surface area is 123 Å². The van der Waals surface area contributed by atoms with Gasteiger partial charge in [0.1, 0.15) is 0 Å². The highest BCUT2D eigenvalue weighted by Gasteiger charge is 2.28. The van der Waals surface area contributed by atoms with Crippen molar-refractivity contribution in [2.24, 2.45) is 0 Å². The van der Waals surface area contributed by atoms with E-state index in [0.29, 0.717) is 0 Å². The van der Waals surface area contributed by atoms with Crippen molar-refractivity contribution in [2.75, 3.05) is 5.73 Å². The first-order valence-electron chi connectivity index (χ1n) is 6.93. The molecule has 0 bridgehead atoms. The van der Waals surface area contributed by atoms with Gasteiger partial charge in [-0.2, -0.15) is 0 Å². The van der Waals surface area contributed by atoms with E-state index >= 15 is 0 Å². The van der Waals surface area contributed by atoms with Gasteiger partial charge >= 0.3 is 0 Å². The van der Waals surface area contributed by atoms with Gasteiger partial charge in [-0.25, -0.2) is 0 Å². The maximum Gasteiger partial charge on any atom is 0.269 e. The van der Waals surface area contributed by atoms with Crippen LogP contribution < -0.4 is 5.73 Å². The summed E-state index contributed by atoms with van der Waals surface area (Å²) in [5, 5.41) is 10.7. The van der Waals surface area contributed by atoms with Gasteiger partial charge in [0, 0.05) is 29.7 Å². The standard InChI is InChI=1S/C17H16N2O2/c18-16-7-3-12(4-8-16)14-1-2-15(11-14)13-5-9-17(10-6-13)19(20)21/h3-10H,1-2,11,18H2. The van der Waals surface area contributed by atoms with Gasteiger partial charge in [-0.3, -0.25) is 10.1 Å². The first kappa shape index (κ1) is 13.6. The lowest BCUT2D eigenvalue weighted by Gasteiger charge is -2.11. The van der Waals surface area contributed by atoms with E-state index in [1.165, 1.54) is 17.4 Å². The SMILES string of the molecule is Nc1ccc([C]2CC[C](c3ccc([N+](=O)[O-])cc3)C2)cc1. The summed E-state index contributed by atoms with van der Waals surface area (Å²) in [7, 11) is 0. The van der Waals surface area contributed by atoms with E-state index in [2.05, 4.69) is 12.1 Å². The van der Waals surface area contributed by atoms with Crippen LogP contribution in [0.25, 0.3) is 0 Å². The molecule has 1 fully saturated rings. The molecule has 0 atom stereocenters. The van der Waals surface area contributed by atoms with E-state index in [4.69, 9.17) is 5.73 Å². The van der Waals surface area contributed by atoms with E-state index in [1.54, 1.807) is 12.1 Å². The van der Waals surface area contributed by atoms with Crippen molar-refractivity contribution in [3.05, 3.63) is 81.6 Å². The Kier molecular flexibility index (Phi) is 3.60. The fraction of sp³-hybridized carbons (Fsp3) is 0.176. The molecule has 4 nitrogen and oxygen atoms in total. The van der Waals surface area contributed by atoms with Crippen molar-refractivity contribution in [3.8, 4) is 0 Å². The third-order valence-corrected chi connectivity index (χ3v) is 3.96. The van der Waals surface area contributed by atoms with Gasteiger partial charge in [0.25, 0.3) is 5.69 Å². The van der Waals surface area contributed by atoms with E-state index in [9.17, 15) is 10.1 Å². The van der Waals surface area contributed by atoms with Gasteiger partial charge < -0.3 is 5.73 Å². The molecule has 106 valence electrons. The van der Waals surface area contributed by atoms with Gasteiger partial charge in [0.05, 0.1) is 4.92 Å². The fourth-order valence-corrected chi connectivity index (χ4v) is 2.77. The molecule has 21 heavy (non-hydrogen) atoms. The lowest BCUT2D eigenvalue weighted by atomic mass is 9.93. The third-order valence-electron chi connectivity index (χ3n) is 3.96. The van der Waals surface area contributed by atoms with Crippen LogP contribution in [0.3, 0.4) is 0 Å². The third kappa shape index (κ3) is 2.89. The smallest absolute Gasteiger partial charge is 0.269 e. The minimum atomic E-state index is -0.366. The molecular formula is C17H16N2O2. The molecule has 2 aromatic carbocycles. The molecule has 0 aliphatic heterocycles. The molecule has 0 saturated heterocycles. The number of nitrogen functional groups attached to an aromatic ring is 1. The second-order valence-corrected chi connectivity index (χ2v) is 5.31. The van der Waals surface area contributed by atoms with Gasteiger partial charge in [-0.15, -0.1) is 0 Å². The van der Waals surface area contributed by atoms with Crippen LogP contribution in [0.4, 0.5) is 11.4 Å². The summed E-state index contributed by atoms with van der Waals surface area (Å²) in [6.07, 6.45) is 2.98. The van der Waals surface area contributed by atoms with E-state index in [1.807, 2.05) is 24.3 Å². The number of hydrogen-bond acceptors (Lipinski definition) is 3. The Morgan fingerprint density at radius 2 is 1.33 bits per heavy atom. The Balaban J connectivity index is 1.71. The van der Waals surface area contributed by atoms with Crippen LogP contribution in [-0.4, -0.2) is 4.92 Å². The highest BCUT2D eigenvalue weighted by atomic mass is 16.6. The Morgan fingerprint density at radius 3 is 1.81 bits per heavy atom. The topological polar surface area (TPSA) is 69.2 Å². The van der Waals surface area contributed by atoms with E-state index < -0.39 is 0 Å². The number of nitrogens with zero attached hydrogens (tertiary/aromatic N) is 1. The quantitative estimate of drug-likeness (QED) is 0.526. The van der Waals surface area contributed by atoms with Crippen LogP contribution in [0.2, 0.25) is 0 Å². The maximum absolute atomic E-state index is 10.7. The molecular weight excluding hydrogens is 264 g/mol. The molecule has 1 aliphatic rings. The monoisotopic (exact) mass is 280 g/mol. The first-order chi connectivity index (χ1) is 10.1. The Hall–Kier alpha value is -2.36.